The summed E-state index contributed by atoms with van der Waals surface area (Å²) in [5.41, 5.74) is 1.14. The Balaban J connectivity index is 2.02. The Morgan fingerprint density at radius 3 is 2.78 bits per heavy atom. The molecule has 4 nitrogen and oxygen atoms in total. The van der Waals surface area contributed by atoms with Crippen LogP contribution in [0.1, 0.15) is 12.0 Å². The van der Waals surface area contributed by atoms with Crippen LogP contribution in [0, 0.1) is 0 Å². The molecule has 1 aliphatic heterocycles. The van der Waals surface area contributed by atoms with E-state index in [2.05, 4.69) is 15.9 Å². The summed E-state index contributed by atoms with van der Waals surface area (Å²) in [6.07, 6.45) is 1.70. The SMILES string of the molecule is CN(CCc1ccc2c(c1)OCCCO2)C(=O)Br. The minimum atomic E-state index is -0.100. The third-order valence-electron chi connectivity index (χ3n) is 2.85. The summed E-state index contributed by atoms with van der Waals surface area (Å²) in [5, 5.41) is 0. The average molecular weight is 314 g/mol. The number of carbonyl (C=O) groups excluding carboxylic acids is 1. The van der Waals surface area contributed by atoms with Gasteiger partial charge in [-0.05, 0) is 24.1 Å². The number of benzene rings is 1. The number of ether oxygens (including phenoxy) is 2. The molecule has 0 fully saturated rings. The maximum atomic E-state index is 11.0. The number of halogens is 1. The van der Waals surface area contributed by atoms with E-state index in [0.29, 0.717) is 19.8 Å². The summed E-state index contributed by atoms with van der Waals surface area (Å²) < 4.78 is 11.2. The quantitative estimate of drug-likeness (QED) is 0.636. The first kappa shape index (κ1) is 13.2. The fourth-order valence-electron chi connectivity index (χ4n) is 1.75. The van der Waals surface area contributed by atoms with Crippen molar-refractivity contribution in [2.45, 2.75) is 12.8 Å². The lowest BCUT2D eigenvalue weighted by Crippen LogP contribution is -2.23. The molecular weight excluding hydrogens is 298 g/mol. The first-order valence-electron chi connectivity index (χ1n) is 5.96. The molecule has 18 heavy (non-hydrogen) atoms. The molecule has 0 unspecified atom stereocenters. The molecule has 1 heterocycles. The van der Waals surface area contributed by atoms with Crippen molar-refractivity contribution in [3.63, 3.8) is 0 Å². The Labute approximate surface area is 115 Å². The number of rotatable bonds is 3. The van der Waals surface area contributed by atoms with Gasteiger partial charge in [0.05, 0.1) is 13.2 Å². The molecule has 2 rings (SSSR count). The van der Waals surface area contributed by atoms with Crippen molar-refractivity contribution in [1.29, 1.82) is 0 Å². The molecule has 0 aromatic heterocycles. The number of carbonyl (C=O) groups is 1. The van der Waals surface area contributed by atoms with Crippen LogP contribution in [-0.2, 0) is 6.42 Å². The molecular formula is C13H16BrNO3. The molecule has 1 amide bonds. The van der Waals surface area contributed by atoms with Gasteiger partial charge in [-0.1, -0.05) is 6.07 Å². The van der Waals surface area contributed by atoms with E-state index in [1.54, 1.807) is 11.9 Å². The van der Waals surface area contributed by atoms with E-state index in [9.17, 15) is 4.79 Å². The highest BCUT2D eigenvalue weighted by Gasteiger charge is 2.11. The normalized spacial score (nSPS) is 13.9. The topological polar surface area (TPSA) is 38.8 Å². The van der Waals surface area contributed by atoms with E-state index >= 15 is 0 Å². The van der Waals surface area contributed by atoms with Crippen LogP contribution in [0.15, 0.2) is 18.2 Å². The van der Waals surface area contributed by atoms with E-state index < -0.39 is 0 Å². The molecule has 0 N–H and O–H groups in total. The van der Waals surface area contributed by atoms with Crippen LogP contribution < -0.4 is 9.47 Å². The second kappa shape index (κ2) is 6.09. The molecule has 1 aliphatic rings. The van der Waals surface area contributed by atoms with Crippen LogP contribution >= 0.6 is 15.9 Å². The highest BCUT2D eigenvalue weighted by atomic mass is 79.9. The van der Waals surface area contributed by atoms with Crippen molar-refractivity contribution in [2.24, 2.45) is 0 Å². The second-order valence-corrected chi connectivity index (χ2v) is 4.93. The van der Waals surface area contributed by atoms with Crippen molar-refractivity contribution in [1.82, 2.24) is 4.90 Å². The molecule has 5 heteroatoms. The van der Waals surface area contributed by atoms with Crippen LogP contribution in [0.2, 0.25) is 0 Å². The van der Waals surface area contributed by atoms with Crippen LogP contribution in [-0.4, -0.2) is 36.5 Å². The van der Waals surface area contributed by atoms with Gasteiger partial charge in [-0.3, -0.25) is 4.79 Å². The number of hydrogen-bond donors (Lipinski definition) is 0. The molecule has 0 aliphatic carbocycles. The van der Waals surface area contributed by atoms with E-state index in [1.807, 2.05) is 18.2 Å². The lowest BCUT2D eigenvalue weighted by atomic mass is 10.1. The maximum absolute atomic E-state index is 11.0. The highest BCUT2D eigenvalue weighted by Crippen LogP contribution is 2.30. The molecule has 0 bridgehead atoms. The minimum Gasteiger partial charge on any atom is -0.490 e. The maximum Gasteiger partial charge on any atom is 0.289 e. The smallest absolute Gasteiger partial charge is 0.289 e. The summed E-state index contributed by atoms with van der Waals surface area (Å²) in [7, 11) is 1.76. The largest absolute Gasteiger partial charge is 0.490 e. The van der Waals surface area contributed by atoms with Gasteiger partial charge in [0.15, 0.2) is 11.5 Å². The van der Waals surface area contributed by atoms with Crippen LogP contribution in [0.5, 0.6) is 11.5 Å². The molecule has 1 aromatic rings. The van der Waals surface area contributed by atoms with Gasteiger partial charge in [0.25, 0.3) is 4.82 Å². The third kappa shape index (κ3) is 3.38. The van der Waals surface area contributed by atoms with Gasteiger partial charge in [0.1, 0.15) is 0 Å². The van der Waals surface area contributed by atoms with Gasteiger partial charge in [0, 0.05) is 35.9 Å². The molecule has 0 atom stereocenters. The van der Waals surface area contributed by atoms with Crippen molar-refractivity contribution in [3.8, 4) is 11.5 Å². The summed E-state index contributed by atoms with van der Waals surface area (Å²) in [4.78, 5) is 12.6. The lowest BCUT2D eigenvalue weighted by molar-refractivity contribution is 0.235. The van der Waals surface area contributed by atoms with Crippen molar-refractivity contribution in [3.05, 3.63) is 23.8 Å². The first-order valence-corrected chi connectivity index (χ1v) is 6.75. The van der Waals surface area contributed by atoms with Gasteiger partial charge in [0.2, 0.25) is 0 Å². The van der Waals surface area contributed by atoms with E-state index in [1.165, 1.54) is 0 Å². The standard InChI is InChI=1S/C13H16BrNO3/c1-15(13(14)16)6-5-10-3-4-11-12(9-10)18-8-2-7-17-11/h3-4,9H,2,5-8H2,1H3. The molecule has 0 saturated heterocycles. The van der Waals surface area contributed by atoms with Crippen LogP contribution in [0.25, 0.3) is 0 Å². The Morgan fingerprint density at radius 1 is 1.33 bits per heavy atom. The fraction of sp³-hybridized carbons (Fsp3) is 0.462. The van der Waals surface area contributed by atoms with Crippen LogP contribution in [0.3, 0.4) is 0 Å². The van der Waals surface area contributed by atoms with Crippen molar-refractivity contribution >= 4 is 20.7 Å². The zero-order valence-electron chi connectivity index (χ0n) is 10.3. The van der Waals surface area contributed by atoms with Gasteiger partial charge < -0.3 is 14.4 Å². The molecule has 0 radical (unpaired) electrons. The lowest BCUT2D eigenvalue weighted by Gasteiger charge is -2.14. The van der Waals surface area contributed by atoms with E-state index in [0.717, 1.165) is 29.9 Å². The minimum absolute atomic E-state index is 0.100. The highest BCUT2D eigenvalue weighted by molar-refractivity contribution is 9.18. The fourth-order valence-corrected chi connectivity index (χ4v) is 1.93. The number of hydrogen-bond acceptors (Lipinski definition) is 3. The summed E-state index contributed by atoms with van der Waals surface area (Å²) >= 11 is 2.93. The summed E-state index contributed by atoms with van der Waals surface area (Å²) in [5.74, 6) is 1.61. The van der Waals surface area contributed by atoms with Gasteiger partial charge in [-0.25, -0.2) is 0 Å². The molecule has 0 saturated carbocycles. The number of amides is 1. The first-order chi connectivity index (χ1) is 8.66. The summed E-state index contributed by atoms with van der Waals surface area (Å²) in [6.45, 7) is 2.06. The molecule has 1 aromatic carbocycles. The van der Waals surface area contributed by atoms with Gasteiger partial charge >= 0.3 is 0 Å². The predicted molar refractivity (Wildman–Crippen MR) is 72.7 cm³/mol. The van der Waals surface area contributed by atoms with Crippen molar-refractivity contribution in [2.75, 3.05) is 26.8 Å². The average Bonchev–Trinajstić information content (AvgIpc) is 2.60. The zero-order valence-corrected chi connectivity index (χ0v) is 11.9. The second-order valence-electron chi connectivity index (χ2n) is 4.26. The number of likely N-dealkylation sites (N-methyl/N-ethyl adjacent to an activating group) is 1. The Bertz CT molecular complexity index is 436. The third-order valence-corrected chi connectivity index (χ3v) is 3.45. The molecule has 98 valence electrons. The van der Waals surface area contributed by atoms with Gasteiger partial charge in [-0.15, -0.1) is 0 Å². The number of nitrogens with zero attached hydrogens (tertiary/aromatic N) is 1. The Kier molecular flexibility index (Phi) is 4.47. The monoisotopic (exact) mass is 313 g/mol. The zero-order chi connectivity index (χ0) is 13.0. The van der Waals surface area contributed by atoms with Crippen molar-refractivity contribution < 1.29 is 14.3 Å². The Morgan fingerprint density at radius 2 is 2.06 bits per heavy atom. The summed E-state index contributed by atoms with van der Waals surface area (Å²) in [6, 6.07) is 5.94. The van der Waals surface area contributed by atoms with E-state index in [-0.39, 0.29) is 4.82 Å². The van der Waals surface area contributed by atoms with Crippen LogP contribution in [0.4, 0.5) is 4.79 Å². The van der Waals surface area contributed by atoms with Gasteiger partial charge in [-0.2, -0.15) is 0 Å². The molecule has 0 spiro atoms. The van der Waals surface area contributed by atoms with E-state index in [4.69, 9.17) is 9.47 Å². The predicted octanol–water partition coefficient (Wildman–Crippen LogP) is 2.84. The number of fused-ring (bicyclic) bond motifs is 1. The Hall–Kier alpha value is -1.23.